The molecule has 0 atom stereocenters. The highest BCUT2D eigenvalue weighted by molar-refractivity contribution is 9.10. The number of carboxylic acids is 1. The van der Waals surface area contributed by atoms with Crippen molar-refractivity contribution >= 4 is 33.8 Å². The molecule has 0 spiro atoms. The van der Waals surface area contributed by atoms with Crippen LogP contribution >= 0.6 is 15.9 Å². The molecule has 2 aromatic heterocycles. The zero-order valence-corrected chi connectivity index (χ0v) is 8.93. The molecular weight excluding hydrogens is 264 g/mol. The number of carboxylic acid groups (broad SMARTS) is 1. The molecule has 0 aliphatic carbocycles. The summed E-state index contributed by atoms with van der Waals surface area (Å²) in [5, 5.41) is 8.82. The molecular formula is C9H5BrN2O3. The first-order chi connectivity index (χ1) is 7.13. The van der Waals surface area contributed by atoms with E-state index >= 15 is 0 Å². The molecule has 0 fully saturated rings. The van der Waals surface area contributed by atoms with Gasteiger partial charge in [-0.2, -0.15) is 0 Å². The number of rotatable bonds is 2. The van der Waals surface area contributed by atoms with E-state index in [0.717, 1.165) is 4.47 Å². The number of halogens is 1. The number of aromatic carboxylic acids is 1. The molecule has 0 aliphatic rings. The van der Waals surface area contributed by atoms with E-state index in [2.05, 4.69) is 20.9 Å². The van der Waals surface area contributed by atoms with Crippen molar-refractivity contribution in [3.63, 3.8) is 0 Å². The topological polar surface area (TPSA) is 71.7 Å². The molecule has 6 heteroatoms. The van der Waals surface area contributed by atoms with Gasteiger partial charge in [-0.1, -0.05) is 0 Å². The van der Waals surface area contributed by atoms with Crippen LogP contribution in [0, 0.1) is 0 Å². The summed E-state index contributed by atoms with van der Waals surface area (Å²) in [6, 6.07) is 3.35. The molecule has 0 aliphatic heterocycles. The summed E-state index contributed by atoms with van der Waals surface area (Å²) < 4.78 is 2.17. The van der Waals surface area contributed by atoms with Gasteiger partial charge in [-0.15, -0.1) is 0 Å². The summed E-state index contributed by atoms with van der Waals surface area (Å²) >= 11 is 3.23. The van der Waals surface area contributed by atoms with E-state index in [1.165, 1.54) is 4.40 Å². The Morgan fingerprint density at radius 3 is 2.87 bits per heavy atom. The van der Waals surface area contributed by atoms with Crippen molar-refractivity contribution in [2.45, 2.75) is 0 Å². The molecule has 0 amide bonds. The van der Waals surface area contributed by atoms with Crippen molar-refractivity contribution in [1.82, 2.24) is 9.38 Å². The maximum Gasteiger partial charge on any atom is 0.356 e. The molecule has 0 bridgehead atoms. The lowest BCUT2D eigenvalue weighted by atomic mass is 10.3. The van der Waals surface area contributed by atoms with Crippen LogP contribution in [0.25, 0.3) is 5.65 Å². The normalized spacial score (nSPS) is 10.5. The average Bonchev–Trinajstić information content (AvgIpc) is 2.55. The molecule has 2 rings (SSSR count). The Morgan fingerprint density at radius 1 is 1.53 bits per heavy atom. The smallest absolute Gasteiger partial charge is 0.356 e. The summed E-state index contributed by atoms with van der Waals surface area (Å²) in [6.07, 6.45) is 2.08. The predicted octanol–water partition coefficient (Wildman–Crippen LogP) is 1.61. The average molecular weight is 269 g/mol. The van der Waals surface area contributed by atoms with Crippen LogP contribution in [0.1, 0.15) is 21.0 Å². The quantitative estimate of drug-likeness (QED) is 0.840. The first kappa shape index (κ1) is 9.85. The van der Waals surface area contributed by atoms with Gasteiger partial charge < -0.3 is 5.11 Å². The first-order valence-electron chi connectivity index (χ1n) is 3.99. The van der Waals surface area contributed by atoms with Gasteiger partial charge in [-0.05, 0) is 28.1 Å². The number of nitrogens with zero attached hydrogens (tertiary/aromatic N) is 2. The molecule has 2 heterocycles. The summed E-state index contributed by atoms with van der Waals surface area (Å²) in [7, 11) is 0. The third kappa shape index (κ3) is 1.52. The Hall–Kier alpha value is -1.69. The second kappa shape index (κ2) is 3.47. The third-order valence-corrected chi connectivity index (χ3v) is 2.40. The number of hydrogen-bond donors (Lipinski definition) is 1. The minimum Gasteiger partial charge on any atom is -0.476 e. The highest BCUT2D eigenvalue weighted by Crippen LogP contribution is 2.15. The Bertz CT molecular complexity index is 562. The van der Waals surface area contributed by atoms with Crippen molar-refractivity contribution in [2.75, 3.05) is 0 Å². The maximum absolute atomic E-state index is 10.8. The van der Waals surface area contributed by atoms with E-state index in [1.807, 2.05) is 0 Å². The van der Waals surface area contributed by atoms with Crippen LogP contribution in [0.3, 0.4) is 0 Å². The van der Waals surface area contributed by atoms with E-state index < -0.39 is 5.97 Å². The van der Waals surface area contributed by atoms with Crippen LogP contribution in [0.15, 0.2) is 22.8 Å². The van der Waals surface area contributed by atoms with Gasteiger partial charge in [0, 0.05) is 10.7 Å². The third-order valence-electron chi connectivity index (χ3n) is 1.93. The van der Waals surface area contributed by atoms with Crippen LogP contribution in [0.5, 0.6) is 0 Å². The van der Waals surface area contributed by atoms with Crippen molar-refractivity contribution in [3.8, 4) is 0 Å². The Morgan fingerprint density at radius 2 is 2.27 bits per heavy atom. The van der Waals surface area contributed by atoms with Crippen LogP contribution < -0.4 is 0 Å². The Labute approximate surface area is 92.5 Å². The number of hydrogen-bond acceptors (Lipinski definition) is 3. The van der Waals surface area contributed by atoms with Gasteiger partial charge in [0.05, 0.1) is 0 Å². The summed E-state index contributed by atoms with van der Waals surface area (Å²) in [5.41, 5.74) is 0.236. The minimum absolute atomic E-state index is 0.0406. The Balaban J connectivity index is 2.85. The fourth-order valence-corrected chi connectivity index (χ4v) is 1.64. The van der Waals surface area contributed by atoms with Crippen molar-refractivity contribution in [3.05, 3.63) is 34.2 Å². The molecule has 76 valence electrons. The maximum atomic E-state index is 10.8. The number of imidazole rings is 1. The molecule has 2 aromatic rings. The van der Waals surface area contributed by atoms with Gasteiger partial charge in [0.25, 0.3) is 0 Å². The summed E-state index contributed by atoms with van der Waals surface area (Å²) in [6.45, 7) is 0. The lowest BCUT2D eigenvalue weighted by molar-refractivity contribution is 0.0688. The number of carbonyl (C=O) groups is 2. The lowest BCUT2D eigenvalue weighted by Gasteiger charge is -1.95. The van der Waals surface area contributed by atoms with Gasteiger partial charge in [0.15, 0.2) is 12.0 Å². The molecule has 0 unspecified atom stereocenters. The van der Waals surface area contributed by atoms with Gasteiger partial charge in [0.1, 0.15) is 11.3 Å². The molecule has 15 heavy (non-hydrogen) atoms. The minimum atomic E-state index is -1.21. The van der Waals surface area contributed by atoms with Gasteiger partial charge in [-0.25, -0.2) is 9.78 Å². The van der Waals surface area contributed by atoms with E-state index in [0.29, 0.717) is 11.9 Å². The van der Waals surface area contributed by atoms with Crippen molar-refractivity contribution < 1.29 is 14.7 Å². The lowest BCUT2D eigenvalue weighted by Crippen LogP contribution is -2.02. The van der Waals surface area contributed by atoms with Crippen LogP contribution in [0.2, 0.25) is 0 Å². The Kier molecular flexibility index (Phi) is 2.28. The number of aromatic nitrogens is 2. The van der Waals surface area contributed by atoms with Crippen LogP contribution in [-0.4, -0.2) is 26.7 Å². The van der Waals surface area contributed by atoms with Gasteiger partial charge in [0.2, 0.25) is 0 Å². The van der Waals surface area contributed by atoms with E-state index in [9.17, 15) is 9.59 Å². The fourth-order valence-electron chi connectivity index (χ4n) is 1.31. The second-order valence-corrected chi connectivity index (χ2v) is 3.76. The zero-order valence-electron chi connectivity index (χ0n) is 7.35. The molecule has 0 saturated heterocycles. The van der Waals surface area contributed by atoms with Crippen LogP contribution in [-0.2, 0) is 0 Å². The fraction of sp³-hybridized carbons (Fsp3) is 0. The first-order valence-corrected chi connectivity index (χ1v) is 4.79. The number of carbonyl (C=O) groups excluding carboxylic acids is 1. The van der Waals surface area contributed by atoms with Crippen LogP contribution in [0.4, 0.5) is 0 Å². The second-order valence-electron chi connectivity index (χ2n) is 2.84. The van der Waals surface area contributed by atoms with Gasteiger partial charge in [-0.3, -0.25) is 9.20 Å². The molecule has 1 N–H and O–H groups in total. The molecule has 0 radical (unpaired) electrons. The van der Waals surface area contributed by atoms with E-state index in [-0.39, 0.29) is 11.4 Å². The number of pyridine rings is 1. The SMILES string of the molecule is O=Cc1c(C(=O)O)nc2ccc(Br)cn12. The number of fused-ring (bicyclic) bond motifs is 1. The molecule has 0 saturated carbocycles. The predicted molar refractivity (Wildman–Crippen MR) is 55.2 cm³/mol. The summed E-state index contributed by atoms with van der Waals surface area (Å²) in [5.74, 6) is -1.21. The zero-order chi connectivity index (χ0) is 11.0. The van der Waals surface area contributed by atoms with Gasteiger partial charge >= 0.3 is 5.97 Å². The number of aldehydes is 1. The van der Waals surface area contributed by atoms with E-state index in [4.69, 9.17) is 5.11 Å². The van der Waals surface area contributed by atoms with E-state index in [1.54, 1.807) is 18.3 Å². The van der Waals surface area contributed by atoms with Crippen molar-refractivity contribution in [1.29, 1.82) is 0 Å². The highest BCUT2D eigenvalue weighted by Gasteiger charge is 2.17. The highest BCUT2D eigenvalue weighted by atomic mass is 79.9. The monoisotopic (exact) mass is 268 g/mol. The largest absolute Gasteiger partial charge is 0.476 e. The molecule has 5 nitrogen and oxygen atoms in total. The molecule has 0 aromatic carbocycles. The standard InChI is InChI=1S/C9H5BrN2O3/c10-5-1-2-7-11-8(9(14)15)6(4-13)12(7)3-5/h1-4H,(H,14,15). The summed E-state index contributed by atoms with van der Waals surface area (Å²) in [4.78, 5) is 25.4. The van der Waals surface area contributed by atoms with Crippen molar-refractivity contribution in [2.24, 2.45) is 0 Å².